The largest absolute Gasteiger partial charge is 0.496 e. The third-order valence-electron chi connectivity index (χ3n) is 5.65. The molecule has 0 saturated carbocycles. The van der Waals surface area contributed by atoms with Gasteiger partial charge in [-0.3, -0.25) is 0 Å². The average Bonchev–Trinajstić information content (AvgIpc) is 3.14. The average molecular weight is 478 g/mol. The van der Waals surface area contributed by atoms with Crippen molar-refractivity contribution in [3.63, 3.8) is 0 Å². The zero-order valence-electron chi connectivity index (χ0n) is 21.7. The Morgan fingerprint density at radius 3 is 2.40 bits per heavy atom. The molecule has 6 heteroatoms. The van der Waals surface area contributed by atoms with E-state index < -0.39 is 11.6 Å². The predicted molar refractivity (Wildman–Crippen MR) is 139 cm³/mol. The zero-order chi connectivity index (χ0) is 25.8. The van der Waals surface area contributed by atoms with Crippen molar-refractivity contribution in [1.29, 1.82) is 0 Å². The number of esters is 2. The van der Waals surface area contributed by atoms with Gasteiger partial charge in [0.15, 0.2) is 0 Å². The second kappa shape index (κ2) is 10.8. The highest BCUT2D eigenvalue weighted by molar-refractivity contribution is 5.95. The summed E-state index contributed by atoms with van der Waals surface area (Å²) in [4.78, 5) is 24.4. The standard InChI is InChI=1S/C29H35NO5/c1-8-13-30-18-23(16-21-10-11-22(28(32)34-7)17-26(21)33-6)24-15-20(9-12-25(24)30)14-19(2)27(31)35-29(3,4)5/h9-12,14-15,17-18H,8,13,16H2,1-7H3/b19-14-. The van der Waals surface area contributed by atoms with Crippen molar-refractivity contribution in [3.8, 4) is 5.75 Å². The highest BCUT2D eigenvalue weighted by Crippen LogP contribution is 2.30. The minimum atomic E-state index is -0.539. The van der Waals surface area contributed by atoms with Gasteiger partial charge in [-0.15, -0.1) is 0 Å². The summed E-state index contributed by atoms with van der Waals surface area (Å²) in [5.74, 6) is -0.0795. The van der Waals surface area contributed by atoms with Gasteiger partial charge in [-0.25, -0.2) is 9.59 Å². The number of ether oxygens (including phenoxy) is 3. The van der Waals surface area contributed by atoms with E-state index in [1.807, 2.05) is 39.0 Å². The molecule has 0 atom stereocenters. The van der Waals surface area contributed by atoms with Crippen LogP contribution in [0.5, 0.6) is 5.75 Å². The Morgan fingerprint density at radius 1 is 1.03 bits per heavy atom. The highest BCUT2D eigenvalue weighted by atomic mass is 16.6. The molecule has 0 radical (unpaired) electrons. The molecule has 0 bridgehead atoms. The Morgan fingerprint density at radius 2 is 1.77 bits per heavy atom. The van der Waals surface area contributed by atoms with Crippen LogP contribution in [0.3, 0.4) is 0 Å². The maximum Gasteiger partial charge on any atom is 0.337 e. The molecule has 1 heterocycles. The van der Waals surface area contributed by atoms with E-state index in [0.29, 0.717) is 23.3 Å². The number of aromatic nitrogens is 1. The Bertz CT molecular complexity index is 1260. The van der Waals surface area contributed by atoms with Crippen molar-refractivity contribution in [2.45, 2.75) is 59.6 Å². The second-order valence-corrected chi connectivity index (χ2v) is 9.65. The highest BCUT2D eigenvalue weighted by Gasteiger charge is 2.18. The number of fused-ring (bicyclic) bond motifs is 1. The molecule has 3 aromatic rings. The first-order valence-corrected chi connectivity index (χ1v) is 11.8. The summed E-state index contributed by atoms with van der Waals surface area (Å²) in [7, 11) is 2.96. The Balaban J connectivity index is 2.02. The summed E-state index contributed by atoms with van der Waals surface area (Å²) in [5, 5.41) is 1.11. The summed E-state index contributed by atoms with van der Waals surface area (Å²) in [6, 6.07) is 11.6. The molecule has 186 valence electrons. The fourth-order valence-corrected chi connectivity index (χ4v) is 4.05. The van der Waals surface area contributed by atoms with E-state index in [1.54, 1.807) is 26.2 Å². The van der Waals surface area contributed by atoms with Gasteiger partial charge in [-0.1, -0.05) is 19.1 Å². The zero-order valence-corrected chi connectivity index (χ0v) is 21.7. The van der Waals surface area contributed by atoms with E-state index in [9.17, 15) is 9.59 Å². The molecule has 2 aromatic carbocycles. The summed E-state index contributed by atoms with van der Waals surface area (Å²) in [5.41, 5.74) is 4.65. The number of nitrogens with zero attached hydrogens (tertiary/aromatic N) is 1. The lowest BCUT2D eigenvalue weighted by Gasteiger charge is -2.19. The molecule has 0 aliphatic rings. The molecule has 6 nitrogen and oxygen atoms in total. The van der Waals surface area contributed by atoms with Crippen LogP contribution in [0.2, 0.25) is 0 Å². The Kier molecular flexibility index (Phi) is 8.05. The minimum absolute atomic E-state index is 0.322. The smallest absolute Gasteiger partial charge is 0.337 e. The topological polar surface area (TPSA) is 66.8 Å². The first kappa shape index (κ1) is 26.1. The van der Waals surface area contributed by atoms with Crippen LogP contribution in [0, 0.1) is 0 Å². The van der Waals surface area contributed by atoms with Gasteiger partial charge < -0.3 is 18.8 Å². The van der Waals surface area contributed by atoms with Gasteiger partial charge in [0.05, 0.1) is 19.8 Å². The molecule has 0 spiro atoms. The third-order valence-corrected chi connectivity index (χ3v) is 5.65. The minimum Gasteiger partial charge on any atom is -0.496 e. The molecule has 0 fully saturated rings. The van der Waals surface area contributed by atoms with Crippen LogP contribution in [0.4, 0.5) is 0 Å². The first-order valence-electron chi connectivity index (χ1n) is 11.8. The van der Waals surface area contributed by atoms with Crippen molar-refractivity contribution < 1.29 is 23.8 Å². The van der Waals surface area contributed by atoms with Gasteiger partial charge in [0, 0.05) is 35.6 Å². The number of methoxy groups -OCH3 is 2. The Hall–Kier alpha value is -3.54. The van der Waals surface area contributed by atoms with E-state index in [-0.39, 0.29) is 5.97 Å². The lowest BCUT2D eigenvalue weighted by atomic mass is 10.00. The van der Waals surface area contributed by atoms with E-state index in [2.05, 4.69) is 29.8 Å². The van der Waals surface area contributed by atoms with Crippen LogP contribution in [0.15, 0.2) is 48.2 Å². The van der Waals surface area contributed by atoms with Crippen molar-refractivity contribution in [3.05, 3.63) is 70.4 Å². The number of carbonyl (C=O) groups is 2. The van der Waals surface area contributed by atoms with Crippen LogP contribution in [0.1, 0.15) is 68.1 Å². The van der Waals surface area contributed by atoms with Crippen molar-refractivity contribution >= 4 is 28.9 Å². The van der Waals surface area contributed by atoms with Crippen LogP contribution < -0.4 is 4.74 Å². The number of hydrogen-bond acceptors (Lipinski definition) is 5. The molecule has 0 N–H and O–H groups in total. The molecular formula is C29H35NO5. The number of hydrogen-bond donors (Lipinski definition) is 0. The summed E-state index contributed by atoms with van der Waals surface area (Å²) >= 11 is 0. The van der Waals surface area contributed by atoms with Crippen LogP contribution >= 0.6 is 0 Å². The number of benzene rings is 2. The fourth-order valence-electron chi connectivity index (χ4n) is 4.05. The van der Waals surface area contributed by atoms with Gasteiger partial charge in [-0.2, -0.15) is 0 Å². The van der Waals surface area contributed by atoms with Gasteiger partial charge in [0.1, 0.15) is 11.4 Å². The van der Waals surface area contributed by atoms with E-state index in [0.717, 1.165) is 40.6 Å². The van der Waals surface area contributed by atoms with Crippen LogP contribution in [-0.2, 0) is 27.2 Å². The molecular weight excluding hydrogens is 442 g/mol. The number of aryl methyl sites for hydroxylation is 1. The molecule has 0 amide bonds. The normalized spacial score (nSPS) is 12.0. The number of carbonyl (C=O) groups excluding carboxylic acids is 2. The van der Waals surface area contributed by atoms with Gasteiger partial charge >= 0.3 is 11.9 Å². The van der Waals surface area contributed by atoms with E-state index in [4.69, 9.17) is 14.2 Å². The van der Waals surface area contributed by atoms with E-state index >= 15 is 0 Å². The molecule has 0 aliphatic carbocycles. The monoisotopic (exact) mass is 477 g/mol. The first-order chi connectivity index (χ1) is 16.6. The molecule has 0 aliphatic heterocycles. The molecule has 0 unspecified atom stereocenters. The lowest BCUT2D eigenvalue weighted by molar-refractivity contribution is -0.149. The van der Waals surface area contributed by atoms with Crippen molar-refractivity contribution in [1.82, 2.24) is 4.57 Å². The lowest BCUT2D eigenvalue weighted by Crippen LogP contribution is -2.24. The van der Waals surface area contributed by atoms with E-state index in [1.165, 1.54) is 7.11 Å². The van der Waals surface area contributed by atoms with Crippen LogP contribution in [-0.4, -0.2) is 36.3 Å². The predicted octanol–water partition coefficient (Wildman–Crippen LogP) is 6.18. The molecule has 35 heavy (non-hydrogen) atoms. The maximum atomic E-state index is 12.5. The van der Waals surface area contributed by atoms with Gasteiger partial charge in [-0.05, 0) is 81.1 Å². The van der Waals surface area contributed by atoms with Gasteiger partial charge in [0.25, 0.3) is 0 Å². The third kappa shape index (κ3) is 6.32. The maximum absolute atomic E-state index is 12.5. The SMILES string of the molecule is CCCn1cc(Cc2ccc(C(=O)OC)cc2OC)c2cc(/C=C(/C)C(=O)OC(C)(C)C)ccc21. The molecule has 3 rings (SSSR count). The van der Waals surface area contributed by atoms with Crippen molar-refractivity contribution in [2.24, 2.45) is 0 Å². The van der Waals surface area contributed by atoms with Crippen molar-refractivity contribution in [2.75, 3.05) is 14.2 Å². The molecule has 0 saturated heterocycles. The fraction of sp³-hybridized carbons (Fsp3) is 0.379. The summed E-state index contributed by atoms with van der Waals surface area (Å²) < 4.78 is 18.2. The Labute approximate surface area is 207 Å². The summed E-state index contributed by atoms with van der Waals surface area (Å²) in [6.45, 7) is 10.4. The van der Waals surface area contributed by atoms with Crippen LogP contribution in [0.25, 0.3) is 17.0 Å². The number of rotatable bonds is 8. The van der Waals surface area contributed by atoms with Gasteiger partial charge in [0.2, 0.25) is 0 Å². The summed E-state index contributed by atoms with van der Waals surface area (Å²) in [6.07, 6.45) is 5.69. The molecule has 1 aromatic heterocycles. The second-order valence-electron chi connectivity index (χ2n) is 9.65. The quantitative estimate of drug-likeness (QED) is 0.286.